The van der Waals surface area contributed by atoms with Crippen molar-refractivity contribution in [2.24, 2.45) is 0 Å². The van der Waals surface area contributed by atoms with Gasteiger partial charge >= 0.3 is 0 Å². The lowest BCUT2D eigenvalue weighted by Gasteiger charge is -2.11. The highest BCUT2D eigenvalue weighted by molar-refractivity contribution is 5.51. The van der Waals surface area contributed by atoms with Crippen LogP contribution >= 0.6 is 0 Å². The second-order valence-electron chi connectivity index (χ2n) is 4.29. The number of aryl methyl sites for hydroxylation is 1. The molecule has 0 aliphatic rings. The van der Waals surface area contributed by atoms with Gasteiger partial charge in [-0.25, -0.2) is 4.98 Å². The summed E-state index contributed by atoms with van der Waals surface area (Å²) in [5.74, 6) is 0.949. The molecular formula is C12H18N4O. The van der Waals surface area contributed by atoms with E-state index in [1.54, 1.807) is 10.8 Å². The largest absolute Gasteiger partial charge is 0.377 e. The Morgan fingerprint density at radius 2 is 2.24 bits per heavy atom. The van der Waals surface area contributed by atoms with Crippen molar-refractivity contribution >= 4 is 11.5 Å². The van der Waals surface area contributed by atoms with Crippen LogP contribution in [0.2, 0.25) is 0 Å². The summed E-state index contributed by atoms with van der Waals surface area (Å²) in [6, 6.07) is 4.06. The molecule has 5 nitrogen and oxygen atoms in total. The number of rotatable bonds is 5. The number of pyridine rings is 1. The van der Waals surface area contributed by atoms with Crippen molar-refractivity contribution in [2.45, 2.75) is 26.9 Å². The second kappa shape index (κ2) is 5.14. The predicted molar refractivity (Wildman–Crippen MR) is 67.3 cm³/mol. The van der Waals surface area contributed by atoms with Crippen LogP contribution in [-0.4, -0.2) is 33.9 Å². The summed E-state index contributed by atoms with van der Waals surface area (Å²) in [6.45, 7) is 7.55. The van der Waals surface area contributed by atoms with E-state index in [0.717, 1.165) is 23.6 Å². The van der Waals surface area contributed by atoms with Crippen LogP contribution in [-0.2, 0) is 4.74 Å². The first kappa shape index (κ1) is 11.9. The number of nitrogens with zero attached hydrogens (tertiary/aromatic N) is 3. The average molecular weight is 234 g/mol. The van der Waals surface area contributed by atoms with Crippen molar-refractivity contribution in [1.82, 2.24) is 14.6 Å². The number of aromatic nitrogens is 3. The molecule has 0 aromatic carbocycles. The van der Waals surface area contributed by atoms with E-state index in [9.17, 15) is 0 Å². The van der Waals surface area contributed by atoms with Crippen LogP contribution in [0.3, 0.4) is 0 Å². The fourth-order valence-electron chi connectivity index (χ4n) is 1.66. The summed E-state index contributed by atoms with van der Waals surface area (Å²) in [5.41, 5.74) is 2.02. The van der Waals surface area contributed by atoms with Crippen LogP contribution in [0, 0.1) is 6.92 Å². The third-order valence-electron chi connectivity index (χ3n) is 2.38. The molecule has 1 N–H and O–H groups in total. The van der Waals surface area contributed by atoms with Crippen LogP contribution in [0.5, 0.6) is 0 Å². The number of ether oxygens (including phenoxy) is 1. The normalized spacial score (nSPS) is 11.3. The van der Waals surface area contributed by atoms with Gasteiger partial charge in [0.05, 0.1) is 12.7 Å². The maximum absolute atomic E-state index is 5.48. The van der Waals surface area contributed by atoms with E-state index in [1.165, 1.54) is 0 Å². The molecule has 0 aliphatic carbocycles. The lowest BCUT2D eigenvalue weighted by atomic mass is 10.3. The lowest BCUT2D eigenvalue weighted by Crippen LogP contribution is -2.15. The van der Waals surface area contributed by atoms with Crippen molar-refractivity contribution < 1.29 is 4.74 Å². The van der Waals surface area contributed by atoms with Crippen LogP contribution in [0.25, 0.3) is 5.65 Å². The number of hydrogen-bond donors (Lipinski definition) is 1. The fraction of sp³-hybridized carbons (Fsp3) is 0.500. The van der Waals surface area contributed by atoms with Gasteiger partial charge < -0.3 is 10.1 Å². The van der Waals surface area contributed by atoms with Crippen LogP contribution in [0.4, 0.5) is 5.82 Å². The van der Waals surface area contributed by atoms with Gasteiger partial charge in [0.1, 0.15) is 12.1 Å². The molecule has 0 aliphatic heterocycles. The minimum Gasteiger partial charge on any atom is -0.377 e. The van der Waals surface area contributed by atoms with E-state index in [4.69, 9.17) is 4.74 Å². The first-order chi connectivity index (χ1) is 8.16. The van der Waals surface area contributed by atoms with Gasteiger partial charge in [-0.3, -0.25) is 0 Å². The van der Waals surface area contributed by atoms with Gasteiger partial charge in [0.25, 0.3) is 0 Å². The number of hydrogen-bond acceptors (Lipinski definition) is 4. The van der Waals surface area contributed by atoms with Gasteiger partial charge in [0.2, 0.25) is 0 Å². The standard InChI is InChI=1S/C12H18N4O/c1-9(2)17-5-4-13-11-6-10(3)7-12-14-8-15-16(11)12/h6-9,13H,4-5H2,1-3H3. The predicted octanol–water partition coefficient (Wildman–Crippen LogP) is 1.87. The minimum absolute atomic E-state index is 0.265. The monoisotopic (exact) mass is 234 g/mol. The molecular weight excluding hydrogens is 216 g/mol. The van der Waals surface area contributed by atoms with E-state index in [2.05, 4.69) is 21.5 Å². The zero-order valence-corrected chi connectivity index (χ0v) is 10.5. The van der Waals surface area contributed by atoms with Crippen molar-refractivity contribution in [3.8, 4) is 0 Å². The Bertz CT molecular complexity index is 492. The van der Waals surface area contributed by atoms with Gasteiger partial charge in [-0.15, -0.1) is 0 Å². The maximum atomic E-state index is 5.48. The zero-order valence-electron chi connectivity index (χ0n) is 10.5. The van der Waals surface area contributed by atoms with Gasteiger partial charge in [0, 0.05) is 6.54 Å². The first-order valence-electron chi connectivity index (χ1n) is 5.82. The maximum Gasteiger partial charge on any atom is 0.157 e. The second-order valence-corrected chi connectivity index (χ2v) is 4.29. The molecule has 0 fully saturated rings. The van der Waals surface area contributed by atoms with Crippen LogP contribution < -0.4 is 5.32 Å². The zero-order chi connectivity index (χ0) is 12.3. The Morgan fingerprint density at radius 1 is 1.41 bits per heavy atom. The Morgan fingerprint density at radius 3 is 3.00 bits per heavy atom. The van der Waals surface area contributed by atoms with Gasteiger partial charge in [-0.05, 0) is 38.5 Å². The molecule has 2 heterocycles. The Kier molecular flexibility index (Phi) is 3.58. The topological polar surface area (TPSA) is 51.5 Å². The SMILES string of the molecule is Cc1cc(NCCOC(C)C)n2ncnc2c1. The highest BCUT2D eigenvalue weighted by Gasteiger charge is 2.03. The lowest BCUT2D eigenvalue weighted by molar-refractivity contribution is 0.0870. The molecule has 0 unspecified atom stereocenters. The molecule has 92 valence electrons. The Hall–Kier alpha value is -1.62. The highest BCUT2D eigenvalue weighted by Crippen LogP contribution is 2.12. The number of anilines is 1. The van der Waals surface area contributed by atoms with Gasteiger partial charge in [0.15, 0.2) is 5.65 Å². The molecule has 0 saturated carbocycles. The summed E-state index contributed by atoms with van der Waals surface area (Å²) in [6.07, 6.45) is 1.82. The molecule has 0 spiro atoms. The molecule has 2 rings (SSSR count). The number of fused-ring (bicyclic) bond motifs is 1. The van der Waals surface area contributed by atoms with Crippen molar-refractivity contribution in [3.63, 3.8) is 0 Å². The molecule has 0 amide bonds. The first-order valence-corrected chi connectivity index (χ1v) is 5.82. The average Bonchev–Trinajstić information content (AvgIpc) is 2.71. The van der Waals surface area contributed by atoms with E-state index < -0.39 is 0 Å². The summed E-state index contributed by atoms with van der Waals surface area (Å²) in [7, 11) is 0. The summed E-state index contributed by atoms with van der Waals surface area (Å²) in [5, 5.41) is 7.48. The smallest absolute Gasteiger partial charge is 0.157 e. The van der Waals surface area contributed by atoms with Gasteiger partial charge in [-0.1, -0.05) is 0 Å². The van der Waals surface area contributed by atoms with E-state index in [0.29, 0.717) is 6.61 Å². The third kappa shape index (κ3) is 2.94. The minimum atomic E-state index is 0.265. The van der Waals surface area contributed by atoms with Crippen molar-refractivity contribution in [1.29, 1.82) is 0 Å². The molecule has 0 bridgehead atoms. The van der Waals surface area contributed by atoms with Crippen LogP contribution in [0.1, 0.15) is 19.4 Å². The Balaban J connectivity index is 2.04. The third-order valence-corrected chi connectivity index (χ3v) is 2.38. The van der Waals surface area contributed by atoms with E-state index >= 15 is 0 Å². The molecule has 0 atom stereocenters. The quantitative estimate of drug-likeness (QED) is 0.802. The molecule has 5 heteroatoms. The fourth-order valence-corrected chi connectivity index (χ4v) is 1.66. The Labute approximate surface area is 101 Å². The van der Waals surface area contributed by atoms with Crippen molar-refractivity contribution in [3.05, 3.63) is 24.0 Å². The molecule has 2 aromatic rings. The molecule has 17 heavy (non-hydrogen) atoms. The molecule has 2 aromatic heterocycles. The van der Waals surface area contributed by atoms with Crippen LogP contribution in [0.15, 0.2) is 18.5 Å². The summed E-state index contributed by atoms with van der Waals surface area (Å²) in [4.78, 5) is 4.18. The highest BCUT2D eigenvalue weighted by atomic mass is 16.5. The van der Waals surface area contributed by atoms with E-state index in [1.807, 2.05) is 26.8 Å². The number of nitrogens with one attached hydrogen (secondary N) is 1. The van der Waals surface area contributed by atoms with Crippen molar-refractivity contribution in [2.75, 3.05) is 18.5 Å². The molecule has 0 radical (unpaired) electrons. The summed E-state index contributed by atoms with van der Waals surface area (Å²) < 4.78 is 7.27. The molecule has 0 saturated heterocycles. The summed E-state index contributed by atoms with van der Waals surface area (Å²) >= 11 is 0. The van der Waals surface area contributed by atoms with Gasteiger partial charge in [-0.2, -0.15) is 9.61 Å². The van der Waals surface area contributed by atoms with E-state index in [-0.39, 0.29) is 6.10 Å².